The van der Waals surface area contributed by atoms with E-state index >= 15 is 0 Å². The van der Waals surface area contributed by atoms with Crippen LogP contribution in [0.1, 0.15) is 0 Å². The van der Waals surface area contributed by atoms with E-state index in [1.807, 2.05) is 72.0 Å². The first-order valence-corrected chi connectivity index (χ1v) is 15.4. The van der Waals surface area contributed by atoms with Gasteiger partial charge in [-0.25, -0.2) is 15.0 Å². The van der Waals surface area contributed by atoms with E-state index in [1.165, 1.54) is 42.0 Å². The van der Waals surface area contributed by atoms with Gasteiger partial charge in [0.25, 0.3) is 0 Å². The summed E-state index contributed by atoms with van der Waals surface area (Å²) in [7, 11) is 0. The highest BCUT2D eigenvalue weighted by Crippen LogP contribution is 2.40. The Labute approximate surface area is 257 Å². The number of fused-ring (bicyclic) bond motifs is 6. The highest BCUT2D eigenvalue weighted by atomic mass is 32.1. The third kappa shape index (κ3) is 4.02. The summed E-state index contributed by atoms with van der Waals surface area (Å²) < 4.78 is 4.99. The number of hydrogen-bond acceptors (Lipinski definition) is 4. The van der Waals surface area contributed by atoms with Crippen LogP contribution >= 0.6 is 11.3 Å². The molecule has 5 heteroatoms. The van der Waals surface area contributed by atoms with Gasteiger partial charge in [-0.2, -0.15) is 0 Å². The molecule has 9 rings (SSSR count). The van der Waals surface area contributed by atoms with Crippen LogP contribution in [0.3, 0.4) is 0 Å². The Morgan fingerprint density at radius 3 is 1.70 bits per heavy atom. The van der Waals surface area contributed by atoms with Gasteiger partial charge in [-0.05, 0) is 36.4 Å². The Bertz CT molecular complexity index is 2440. The number of nitrogens with zero attached hydrogens (tertiary/aromatic N) is 4. The molecule has 0 spiro atoms. The van der Waals surface area contributed by atoms with E-state index in [1.54, 1.807) is 0 Å². The van der Waals surface area contributed by atoms with Crippen molar-refractivity contribution in [1.29, 1.82) is 0 Å². The highest BCUT2D eigenvalue weighted by Gasteiger charge is 2.17. The summed E-state index contributed by atoms with van der Waals surface area (Å²) in [6, 6.07) is 50.8. The number of aromatic nitrogens is 4. The zero-order chi connectivity index (χ0) is 29.0. The molecule has 0 amide bonds. The maximum atomic E-state index is 4.98. The molecule has 0 fully saturated rings. The third-order valence-corrected chi connectivity index (χ3v) is 9.37. The lowest BCUT2D eigenvalue weighted by atomic mass is 10.1. The van der Waals surface area contributed by atoms with Crippen molar-refractivity contribution in [2.75, 3.05) is 0 Å². The minimum Gasteiger partial charge on any atom is -0.309 e. The van der Waals surface area contributed by atoms with Crippen molar-refractivity contribution >= 4 is 53.3 Å². The smallest absolute Gasteiger partial charge is 0.164 e. The molecule has 0 saturated carbocycles. The monoisotopic (exact) mass is 580 g/mol. The fourth-order valence-electron chi connectivity index (χ4n) is 6.19. The molecule has 9 aromatic rings. The van der Waals surface area contributed by atoms with Gasteiger partial charge in [0.2, 0.25) is 0 Å². The SMILES string of the molecule is c1ccc(-c2nc(-c3ccccc3)nc(-c3cccc(-n4c5ccccc5c5cc6sc7ccccc7c6cc54)c3)n2)cc1. The number of para-hydroxylation sites is 1. The van der Waals surface area contributed by atoms with E-state index in [2.05, 4.69) is 89.5 Å². The Hall–Kier alpha value is -5.65. The first-order valence-electron chi connectivity index (χ1n) is 14.6. The Kier molecular flexibility index (Phi) is 5.64. The molecule has 6 aromatic carbocycles. The van der Waals surface area contributed by atoms with E-state index < -0.39 is 0 Å². The third-order valence-electron chi connectivity index (χ3n) is 8.23. The molecular formula is C39H24N4S. The molecule has 0 radical (unpaired) electrons. The van der Waals surface area contributed by atoms with Gasteiger partial charge in [-0.3, -0.25) is 0 Å². The molecule has 4 nitrogen and oxygen atoms in total. The fraction of sp³-hybridized carbons (Fsp3) is 0. The van der Waals surface area contributed by atoms with Crippen LogP contribution in [-0.4, -0.2) is 19.5 Å². The second kappa shape index (κ2) is 9.97. The average Bonchev–Trinajstić information content (AvgIpc) is 3.62. The van der Waals surface area contributed by atoms with Crippen molar-refractivity contribution in [1.82, 2.24) is 19.5 Å². The van der Waals surface area contributed by atoms with Gasteiger partial charge in [0.15, 0.2) is 17.5 Å². The van der Waals surface area contributed by atoms with Crippen LogP contribution in [0.15, 0.2) is 146 Å². The Morgan fingerprint density at radius 1 is 0.386 bits per heavy atom. The molecule has 0 aliphatic heterocycles. The summed E-state index contributed by atoms with van der Waals surface area (Å²) in [5, 5.41) is 5.08. The normalized spacial score (nSPS) is 11.6. The Balaban J connectivity index is 1.27. The zero-order valence-electron chi connectivity index (χ0n) is 23.6. The summed E-state index contributed by atoms with van der Waals surface area (Å²) in [4.78, 5) is 14.8. The number of thiophene rings is 1. The minimum absolute atomic E-state index is 0.645. The van der Waals surface area contributed by atoms with E-state index in [4.69, 9.17) is 15.0 Å². The first-order chi connectivity index (χ1) is 21.8. The lowest BCUT2D eigenvalue weighted by Gasteiger charge is -2.11. The highest BCUT2D eigenvalue weighted by molar-refractivity contribution is 7.25. The maximum Gasteiger partial charge on any atom is 0.164 e. The topological polar surface area (TPSA) is 43.6 Å². The second-order valence-corrected chi connectivity index (χ2v) is 12.0. The standard InChI is InChI=1S/C39H24N4S/c1-3-12-25(13-4-1)37-40-38(26-14-5-2-6-15-26)42-39(41-37)27-16-11-17-28(22-27)43-33-20-9-7-18-29(33)31-24-36-32(23-34(31)43)30-19-8-10-21-35(30)44-36/h1-24H. The fourth-order valence-corrected chi connectivity index (χ4v) is 7.31. The van der Waals surface area contributed by atoms with E-state index in [9.17, 15) is 0 Å². The molecule has 0 bridgehead atoms. The van der Waals surface area contributed by atoms with Gasteiger partial charge < -0.3 is 4.57 Å². The molecule has 3 aromatic heterocycles. The van der Waals surface area contributed by atoms with Crippen LogP contribution in [0.2, 0.25) is 0 Å². The van der Waals surface area contributed by atoms with Gasteiger partial charge in [0.05, 0.1) is 11.0 Å². The van der Waals surface area contributed by atoms with E-state index in [0.29, 0.717) is 17.5 Å². The van der Waals surface area contributed by atoms with Gasteiger partial charge in [-0.15, -0.1) is 11.3 Å². The van der Waals surface area contributed by atoms with Gasteiger partial charge >= 0.3 is 0 Å². The maximum absolute atomic E-state index is 4.98. The van der Waals surface area contributed by atoms with Crippen molar-refractivity contribution in [3.8, 4) is 39.9 Å². The van der Waals surface area contributed by atoms with Crippen molar-refractivity contribution in [3.05, 3.63) is 146 Å². The van der Waals surface area contributed by atoms with Crippen LogP contribution in [0.25, 0.3) is 81.8 Å². The minimum atomic E-state index is 0.645. The number of benzene rings is 6. The molecule has 0 aliphatic carbocycles. The summed E-state index contributed by atoms with van der Waals surface area (Å²) in [6.07, 6.45) is 0. The number of rotatable bonds is 4. The van der Waals surface area contributed by atoms with Crippen LogP contribution in [0, 0.1) is 0 Å². The van der Waals surface area contributed by atoms with Crippen molar-refractivity contribution in [2.24, 2.45) is 0 Å². The van der Waals surface area contributed by atoms with Crippen LogP contribution in [0.4, 0.5) is 0 Å². The van der Waals surface area contributed by atoms with Gasteiger partial charge in [0, 0.05) is 53.3 Å². The number of hydrogen-bond donors (Lipinski definition) is 0. The lowest BCUT2D eigenvalue weighted by molar-refractivity contribution is 1.07. The summed E-state index contributed by atoms with van der Waals surface area (Å²) in [6.45, 7) is 0. The molecule has 44 heavy (non-hydrogen) atoms. The van der Waals surface area contributed by atoms with E-state index in [0.717, 1.165) is 22.4 Å². The van der Waals surface area contributed by atoms with Gasteiger partial charge in [-0.1, -0.05) is 109 Å². The summed E-state index contributed by atoms with van der Waals surface area (Å²) in [5.74, 6) is 1.96. The quantitative estimate of drug-likeness (QED) is 0.208. The van der Waals surface area contributed by atoms with Crippen LogP contribution < -0.4 is 0 Å². The lowest BCUT2D eigenvalue weighted by Crippen LogP contribution is -2.01. The molecule has 0 saturated heterocycles. The average molecular weight is 581 g/mol. The van der Waals surface area contributed by atoms with Crippen molar-refractivity contribution < 1.29 is 0 Å². The molecule has 0 atom stereocenters. The van der Waals surface area contributed by atoms with Crippen molar-refractivity contribution in [3.63, 3.8) is 0 Å². The molecule has 0 N–H and O–H groups in total. The van der Waals surface area contributed by atoms with Crippen molar-refractivity contribution in [2.45, 2.75) is 0 Å². The Morgan fingerprint density at radius 2 is 0.977 bits per heavy atom. The molecule has 0 unspecified atom stereocenters. The predicted octanol–water partition coefficient (Wildman–Crippen LogP) is 10.3. The molecular weight excluding hydrogens is 557 g/mol. The van der Waals surface area contributed by atoms with Crippen LogP contribution in [-0.2, 0) is 0 Å². The largest absolute Gasteiger partial charge is 0.309 e. The van der Waals surface area contributed by atoms with Gasteiger partial charge in [0.1, 0.15) is 0 Å². The summed E-state index contributed by atoms with van der Waals surface area (Å²) >= 11 is 1.86. The molecule has 0 aliphatic rings. The second-order valence-electron chi connectivity index (χ2n) is 10.9. The molecule has 3 heterocycles. The van der Waals surface area contributed by atoms with E-state index in [-0.39, 0.29) is 0 Å². The van der Waals surface area contributed by atoms with Crippen LogP contribution in [0.5, 0.6) is 0 Å². The first kappa shape index (κ1) is 24.9. The molecule has 206 valence electrons. The predicted molar refractivity (Wildman–Crippen MR) is 183 cm³/mol. The zero-order valence-corrected chi connectivity index (χ0v) is 24.4. The summed E-state index contributed by atoms with van der Waals surface area (Å²) in [5.41, 5.74) is 6.28.